The van der Waals surface area contributed by atoms with Crippen molar-refractivity contribution in [1.29, 1.82) is 0 Å². The molecule has 0 bridgehead atoms. The summed E-state index contributed by atoms with van der Waals surface area (Å²) in [5.41, 5.74) is 4.34. The summed E-state index contributed by atoms with van der Waals surface area (Å²) in [5.74, 6) is -0.236. The predicted octanol–water partition coefficient (Wildman–Crippen LogP) is 5.50. The quantitative estimate of drug-likeness (QED) is 0.410. The van der Waals surface area contributed by atoms with Crippen LogP contribution in [0.15, 0.2) is 23.0 Å². The summed E-state index contributed by atoms with van der Waals surface area (Å²) in [7, 11) is 2.28. The Hall–Kier alpha value is -2.35. The maximum absolute atomic E-state index is 13.2. The second kappa shape index (κ2) is 12.2. The molecular weight excluding hydrogens is 500 g/mol. The van der Waals surface area contributed by atoms with Crippen molar-refractivity contribution in [2.24, 2.45) is 0 Å². The van der Waals surface area contributed by atoms with Crippen molar-refractivity contribution in [2.75, 3.05) is 25.6 Å². The second-order valence-electron chi connectivity index (χ2n) is 11.3. The van der Waals surface area contributed by atoms with Gasteiger partial charge in [-0.25, -0.2) is 0 Å². The Labute approximate surface area is 231 Å². The Balaban J connectivity index is 1.45. The van der Waals surface area contributed by atoms with E-state index < -0.39 is 0 Å². The van der Waals surface area contributed by atoms with Crippen LogP contribution in [-0.4, -0.2) is 53.7 Å². The zero-order chi connectivity index (χ0) is 27.4. The maximum Gasteiger partial charge on any atom is 0.253 e. The number of aromatic nitrogens is 1. The van der Waals surface area contributed by atoms with Crippen LogP contribution in [0.2, 0.25) is 5.02 Å². The number of benzene rings is 1. The highest BCUT2D eigenvalue weighted by Crippen LogP contribution is 2.38. The molecule has 1 saturated heterocycles. The molecule has 38 heavy (non-hydrogen) atoms. The minimum absolute atomic E-state index is 0.0253. The lowest BCUT2D eigenvalue weighted by atomic mass is 9.76. The highest BCUT2D eigenvalue weighted by atomic mass is 35.5. The first-order valence-electron chi connectivity index (χ1n) is 14.0. The highest BCUT2D eigenvalue weighted by molar-refractivity contribution is 6.31. The van der Waals surface area contributed by atoms with Gasteiger partial charge in [-0.1, -0.05) is 18.5 Å². The van der Waals surface area contributed by atoms with E-state index in [1.165, 1.54) is 0 Å². The summed E-state index contributed by atoms with van der Waals surface area (Å²) in [6.07, 6.45) is 7.68. The molecule has 2 heterocycles. The molecule has 1 amide bonds. The molecule has 7 nitrogen and oxygen atoms in total. The molecule has 1 aliphatic heterocycles. The zero-order valence-corrected chi connectivity index (χ0v) is 24.3. The number of rotatable bonds is 8. The summed E-state index contributed by atoms with van der Waals surface area (Å²) in [5, 5.41) is 7.28. The van der Waals surface area contributed by atoms with E-state index in [0.717, 1.165) is 80.7 Å². The van der Waals surface area contributed by atoms with Gasteiger partial charge < -0.3 is 25.3 Å². The van der Waals surface area contributed by atoms with Crippen LogP contribution in [0.4, 0.5) is 5.69 Å². The number of halogens is 1. The number of H-pyrrole nitrogens is 1. The Morgan fingerprint density at radius 3 is 2.39 bits per heavy atom. The van der Waals surface area contributed by atoms with E-state index in [9.17, 15) is 9.59 Å². The van der Waals surface area contributed by atoms with Crippen molar-refractivity contribution >= 4 is 23.2 Å². The van der Waals surface area contributed by atoms with Gasteiger partial charge in [0.2, 0.25) is 0 Å². The Bertz CT molecular complexity index is 1200. The Kier molecular flexibility index (Phi) is 9.22. The number of hydrogen-bond acceptors (Lipinski definition) is 5. The summed E-state index contributed by atoms with van der Waals surface area (Å²) < 4.78 is 5.56. The van der Waals surface area contributed by atoms with Crippen LogP contribution in [-0.2, 0) is 11.3 Å². The molecule has 0 unspecified atom stereocenters. The molecule has 0 radical (unpaired) electrons. The third-order valence-electron chi connectivity index (χ3n) is 8.87. The first kappa shape index (κ1) is 28.7. The highest BCUT2D eigenvalue weighted by Gasteiger charge is 2.37. The minimum atomic E-state index is -0.236. The smallest absolute Gasteiger partial charge is 0.253 e. The van der Waals surface area contributed by atoms with Gasteiger partial charge in [-0.3, -0.25) is 9.59 Å². The van der Waals surface area contributed by atoms with Gasteiger partial charge in [0, 0.05) is 64.9 Å². The normalized spacial score (nSPS) is 22.4. The molecule has 1 aliphatic carbocycles. The number of nitrogens with one attached hydrogen (secondary N) is 3. The van der Waals surface area contributed by atoms with E-state index in [0.29, 0.717) is 28.2 Å². The molecule has 1 saturated carbocycles. The molecule has 2 aromatic rings. The summed E-state index contributed by atoms with van der Waals surface area (Å²) in [6.45, 7) is 9.84. The number of aromatic amines is 1. The van der Waals surface area contributed by atoms with Crippen molar-refractivity contribution in [3.8, 4) is 0 Å². The zero-order valence-electron chi connectivity index (χ0n) is 23.5. The number of amides is 1. The van der Waals surface area contributed by atoms with E-state index in [2.05, 4.69) is 34.5 Å². The SMILES string of the molecule is CCC1(Nc2cc(Cl)cc(C(=O)NCc3c(C)cc(C)[nH]c3=O)c2C)CCC(N(C)C2CCOCC2)CC1. The van der Waals surface area contributed by atoms with Gasteiger partial charge in [0.1, 0.15) is 0 Å². The van der Waals surface area contributed by atoms with Gasteiger partial charge in [-0.05, 0) is 102 Å². The lowest BCUT2D eigenvalue weighted by Crippen LogP contribution is -2.49. The standard InChI is InChI=1S/C30H43ClN4O3/c1-6-30(11-7-23(8-12-30)35(5)24-9-13-38-14-10-24)34-27-17-22(31)16-25(21(27)4)28(36)32-18-26-19(2)15-20(3)33-29(26)37/h15-17,23-24,34H,6-14,18H2,1-5H3,(H,32,36)(H,33,37). The number of hydrogen-bond donors (Lipinski definition) is 3. The number of nitrogens with zero attached hydrogens (tertiary/aromatic N) is 1. The Morgan fingerprint density at radius 2 is 1.76 bits per heavy atom. The summed E-state index contributed by atoms with van der Waals surface area (Å²) in [6, 6.07) is 6.76. The molecule has 8 heteroatoms. The fourth-order valence-corrected chi connectivity index (χ4v) is 6.43. The van der Waals surface area contributed by atoms with E-state index in [1.807, 2.05) is 32.9 Å². The number of carbonyl (C=O) groups excluding carboxylic acids is 1. The number of ether oxygens (including phenoxy) is 1. The van der Waals surface area contributed by atoms with Gasteiger partial charge >= 0.3 is 0 Å². The minimum Gasteiger partial charge on any atom is -0.381 e. The predicted molar refractivity (Wildman–Crippen MR) is 154 cm³/mol. The lowest BCUT2D eigenvalue weighted by molar-refractivity contribution is 0.0180. The van der Waals surface area contributed by atoms with Crippen LogP contribution in [0, 0.1) is 20.8 Å². The van der Waals surface area contributed by atoms with Crippen LogP contribution >= 0.6 is 11.6 Å². The average molecular weight is 543 g/mol. The van der Waals surface area contributed by atoms with Crippen LogP contribution in [0.5, 0.6) is 0 Å². The van der Waals surface area contributed by atoms with Gasteiger partial charge in [0.25, 0.3) is 11.5 Å². The monoisotopic (exact) mass is 542 g/mol. The van der Waals surface area contributed by atoms with Crippen molar-refractivity contribution in [3.63, 3.8) is 0 Å². The molecule has 0 spiro atoms. The lowest BCUT2D eigenvalue weighted by Gasteiger charge is -2.46. The largest absolute Gasteiger partial charge is 0.381 e. The van der Waals surface area contributed by atoms with Crippen molar-refractivity contribution in [1.82, 2.24) is 15.2 Å². The maximum atomic E-state index is 13.2. The van der Waals surface area contributed by atoms with Gasteiger partial charge in [0.15, 0.2) is 0 Å². The number of pyridine rings is 1. The fourth-order valence-electron chi connectivity index (χ4n) is 6.22. The van der Waals surface area contributed by atoms with Crippen LogP contribution in [0.1, 0.15) is 84.6 Å². The first-order valence-corrected chi connectivity index (χ1v) is 14.4. The molecule has 1 aromatic carbocycles. The van der Waals surface area contributed by atoms with Crippen molar-refractivity contribution in [3.05, 3.63) is 61.5 Å². The van der Waals surface area contributed by atoms with Crippen LogP contribution in [0.3, 0.4) is 0 Å². The van der Waals surface area contributed by atoms with E-state index in [-0.39, 0.29) is 23.6 Å². The third-order valence-corrected chi connectivity index (χ3v) is 9.09. The average Bonchev–Trinajstić information content (AvgIpc) is 2.90. The number of anilines is 1. The molecule has 1 aromatic heterocycles. The van der Waals surface area contributed by atoms with Gasteiger partial charge in [0.05, 0.1) is 0 Å². The van der Waals surface area contributed by atoms with Crippen molar-refractivity contribution < 1.29 is 9.53 Å². The van der Waals surface area contributed by atoms with Gasteiger partial charge in [-0.15, -0.1) is 0 Å². The van der Waals surface area contributed by atoms with Gasteiger partial charge in [-0.2, -0.15) is 0 Å². The molecule has 4 rings (SSSR count). The third kappa shape index (κ3) is 6.44. The second-order valence-corrected chi connectivity index (χ2v) is 11.7. The van der Waals surface area contributed by atoms with Crippen LogP contribution in [0.25, 0.3) is 0 Å². The number of aryl methyl sites for hydroxylation is 2. The van der Waals surface area contributed by atoms with E-state index >= 15 is 0 Å². The molecule has 0 atom stereocenters. The molecule has 2 aliphatic rings. The molecule has 208 valence electrons. The van der Waals surface area contributed by atoms with Crippen molar-refractivity contribution in [2.45, 2.75) is 96.8 Å². The summed E-state index contributed by atoms with van der Waals surface area (Å²) >= 11 is 6.52. The molecule has 2 fully saturated rings. The van der Waals surface area contributed by atoms with Crippen LogP contribution < -0.4 is 16.2 Å². The molecule has 3 N–H and O–H groups in total. The van der Waals surface area contributed by atoms with E-state index in [1.54, 1.807) is 6.07 Å². The fraction of sp³-hybridized carbons (Fsp3) is 0.600. The Morgan fingerprint density at radius 1 is 1.11 bits per heavy atom. The summed E-state index contributed by atoms with van der Waals surface area (Å²) in [4.78, 5) is 31.0. The number of carbonyl (C=O) groups is 1. The first-order chi connectivity index (χ1) is 18.1. The van der Waals surface area contributed by atoms with E-state index in [4.69, 9.17) is 16.3 Å². The topological polar surface area (TPSA) is 86.5 Å². The molecular formula is C30H43ClN4O3.